The normalized spacial score (nSPS) is 11.2. The second-order valence-corrected chi connectivity index (χ2v) is 7.62. The van der Waals surface area contributed by atoms with Gasteiger partial charge in [-0.25, -0.2) is 0 Å². The summed E-state index contributed by atoms with van der Waals surface area (Å²) >= 11 is 1.58. The fraction of sp³-hybridized carbons (Fsp3) is 1.00. The lowest BCUT2D eigenvalue weighted by Gasteiger charge is -2.04. The highest BCUT2D eigenvalue weighted by Crippen LogP contribution is 2.14. The molecule has 0 aromatic heterocycles. The number of unbranched alkanes of at least 4 members (excludes halogenated alkanes) is 15. The van der Waals surface area contributed by atoms with Crippen molar-refractivity contribution in [2.75, 3.05) is 18.9 Å². The molecule has 3 heteroatoms. The summed E-state index contributed by atoms with van der Waals surface area (Å²) in [7, 11) is 0. The molecule has 0 fully saturated rings. The Kier molecular flexibility index (Phi) is 22.5. The maximum Gasteiger partial charge on any atom is 0.0736 e. The Labute approximate surface area is 150 Å². The summed E-state index contributed by atoms with van der Waals surface area (Å²) < 4.78 is 5.30. The Balaban J connectivity index is 2.92. The van der Waals surface area contributed by atoms with Crippen LogP contribution in [0.5, 0.6) is 0 Å². The van der Waals surface area contributed by atoms with Crippen LogP contribution in [0.25, 0.3) is 0 Å². The van der Waals surface area contributed by atoms with Gasteiger partial charge in [-0.1, -0.05) is 103 Å². The lowest BCUT2D eigenvalue weighted by molar-refractivity contribution is 0.385. The van der Waals surface area contributed by atoms with Crippen LogP contribution in [0.2, 0.25) is 0 Å². The first-order valence-electron chi connectivity index (χ1n) is 10.4. The first kappa shape index (κ1) is 23.3. The Morgan fingerprint density at radius 3 is 1.39 bits per heavy atom. The number of rotatable bonds is 20. The molecule has 0 aromatic carbocycles. The van der Waals surface area contributed by atoms with Gasteiger partial charge in [0.15, 0.2) is 0 Å². The van der Waals surface area contributed by atoms with Gasteiger partial charge in [-0.2, -0.15) is 0 Å². The van der Waals surface area contributed by atoms with Crippen molar-refractivity contribution < 1.29 is 4.18 Å². The van der Waals surface area contributed by atoms with Crippen molar-refractivity contribution in [3.8, 4) is 0 Å². The largest absolute Gasteiger partial charge is 0.328 e. The zero-order valence-corrected chi connectivity index (χ0v) is 16.6. The first-order chi connectivity index (χ1) is 11.4. The Bertz CT molecular complexity index is 182. The van der Waals surface area contributed by atoms with E-state index in [-0.39, 0.29) is 0 Å². The summed E-state index contributed by atoms with van der Waals surface area (Å²) in [6, 6.07) is 0. The van der Waals surface area contributed by atoms with Crippen molar-refractivity contribution in [1.82, 2.24) is 0 Å². The molecule has 0 aliphatic rings. The van der Waals surface area contributed by atoms with Gasteiger partial charge >= 0.3 is 0 Å². The van der Waals surface area contributed by atoms with Crippen LogP contribution >= 0.6 is 12.0 Å². The minimum Gasteiger partial charge on any atom is -0.328 e. The Morgan fingerprint density at radius 1 is 0.609 bits per heavy atom. The third kappa shape index (κ3) is 22.3. The van der Waals surface area contributed by atoms with Crippen molar-refractivity contribution >= 4 is 12.0 Å². The lowest BCUT2D eigenvalue weighted by Crippen LogP contribution is -2.05. The zero-order chi connectivity index (χ0) is 16.8. The van der Waals surface area contributed by atoms with Crippen LogP contribution in [0, 0.1) is 0 Å². The molecule has 0 amide bonds. The van der Waals surface area contributed by atoms with Gasteiger partial charge in [-0.3, -0.25) is 0 Å². The van der Waals surface area contributed by atoms with Crippen LogP contribution in [0.4, 0.5) is 0 Å². The van der Waals surface area contributed by atoms with Gasteiger partial charge in [0.1, 0.15) is 0 Å². The average molecular weight is 346 g/mol. The molecule has 0 aliphatic carbocycles. The highest BCUT2D eigenvalue weighted by molar-refractivity contribution is 7.94. The van der Waals surface area contributed by atoms with Gasteiger partial charge in [0, 0.05) is 12.3 Å². The van der Waals surface area contributed by atoms with Crippen LogP contribution in [0.1, 0.15) is 110 Å². The SMILES string of the molecule is CCCCCCCCCCCCCCCCCCSOCCN. The van der Waals surface area contributed by atoms with E-state index < -0.39 is 0 Å². The Hall–Kier alpha value is 0.270. The predicted molar refractivity (Wildman–Crippen MR) is 107 cm³/mol. The third-order valence-electron chi connectivity index (χ3n) is 4.37. The molecule has 0 rings (SSSR count). The number of hydrogen-bond donors (Lipinski definition) is 1. The summed E-state index contributed by atoms with van der Waals surface area (Å²) in [6.07, 6.45) is 22.9. The molecule has 0 radical (unpaired) electrons. The molecule has 0 heterocycles. The van der Waals surface area contributed by atoms with E-state index in [0.29, 0.717) is 13.2 Å². The maximum absolute atomic E-state index is 5.37. The van der Waals surface area contributed by atoms with Crippen molar-refractivity contribution in [2.45, 2.75) is 110 Å². The van der Waals surface area contributed by atoms with E-state index in [4.69, 9.17) is 9.92 Å². The third-order valence-corrected chi connectivity index (χ3v) is 5.15. The predicted octanol–water partition coefficient (Wildman–Crippen LogP) is 6.87. The van der Waals surface area contributed by atoms with Crippen molar-refractivity contribution in [3.05, 3.63) is 0 Å². The molecule has 0 aliphatic heterocycles. The molecule has 0 atom stereocenters. The lowest BCUT2D eigenvalue weighted by atomic mass is 10.0. The van der Waals surface area contributed by atoms with Gasteiger partial charge < -0.3 is 9.92 Å². The molecule has 23 heavy (non-hydrogen) atoms. The molecule has 0 bridgehead atoms. The average Bonchev–Trinajstić information content (AvgIpc) is 2.57. The number of nitrogens with two attached hydrogens (primary N) is 1. The fourth-order valence-electron chi connectivity index (χ4n) is 2.88. The molecule has 2 N–H and O–H groups in total. The molecule has 0 unspecified atom stereocenters. The maximum atomic E-state index is 5.37. The monoisotopic (exact) mass is 345 g/mol. The second kappa shape index (κ2) is 22.3. The van der Waals surface area contributed by atoms with Crippen LogP contribution in [0.3, 0.4) is 0 Å². The molecule has 0 spiro atoms. The van der Waals surface area contributed by atoms with Crippen LogP contribution in [-0.4, -0.2) is 18.9 Å². The summed E-state index contributed by atoms with van der Waals surface area (Å²) in [5, 5.41) is 0. The van der Waals surface area contributed by atoms with E-state index in [9.17, 15) is 0 Å². The molecular weight excluding hydrogens is 302 g/mol. The molecule has 0 aromatic rings. The van der Waals surface area contributed by atoms with Gasteiger partial charge in [0.05, 0.1) is 6.61 Å². The van der Waals surface area contributed by atoms with Gasteiger partial charge in [-0.05, 0) is 18.5 Å². The smallest absolute Gasteiger partial charge is 0.0736 e. The minimum atomic E-state index is 0.631. The van der Waals surface area contributed by atoms with E-state index in [1.807, 2.05) is 0 Å². The number of hydrogen-bond acceptors (Lipinski definition) is 3. The summed E-state index contributed by atoms with van der Waals surface area (Å²) in [5.74, 6) is 1.12. The fourth-order valence-corrected chi connectivity index (χ4v) is 3.53. The molecular formula is C20H43NOS. The molecule has 0 saturated carbocycles. The van der Waals surface area contributed by atoms with Gasteiger partial charge in [0.2, 0.25) is 0 Å². The minimum absolute atomic E-state index is 0.631. The standard InChI is InChI=1S/C20H43NOS/c1-2-3-4-5-6-7-8-9-10-11-12-13-14-15-16-17-20-23-22-19-18-21/h2-21H2,1H3. The highest BCUT2D eigenvalue weighted by atomic mass is 32.2. The second-order valence-electron chi connectivity index (χ2n) is 6.74. The topological polar surface area (TPSA) is 35.2 Å². The molecule has 0 saturated heterocycles. The van der Waals surface area contributed by atoms with E-state index in [0.717, 1.165) is 5.75 Å². The van der Waals surface area contributed by atoms with Crippen LogP contribution < -0.4 is 5.73 Å². The first-order valence-corrected chi connectivity index (χ1v) is 11.3. The van der Waals surface area contributed by atoms with Crippen LogP contribution in [-0.2, 0) is 4.18 Å². The Morgan fingerprint density at radius 2 is 1.00 bits per heavy atom. The molecule has 2 nitrogen and oxygen atoms in total. The van der Waals surface area contributed by atoms with Crippen LogP contribution in [0.15, 0.2) is 0 Å². The van der Waals surface area contributed by atoms with E-state index >= 15 is 0 Å². The van der Waals surface area contributed by atoms with Crippen molar-refractivity contribution in [2.24, 2.45) is 5.73 Å². The van der Waals surface area contributed by atoms with E-state index in [1.54, 1.807) is 12.0 Å². The van der Waals surface area contributed by atoms with Gasteiger partial charge in [-0.15, -0.1) is 0 Å². The van der Waals surface area contributed by atoms with E-state index in [2.05, 4.69) is 6.92 Å². The summed E-state index contributed by atoms with van der Waals surface area (Å²) in [4.78, 5) is 0. The quantitative estimate of drug-likeness (QED) is 0.193. The van der Waals surface area contributed by atoms with Gasteiger partial charge in [0.25, 0.3) is 0 Å². The summed E-state index contributed by atoms with van der Waals surface area (Å²) in [5.41, 5.74) is 5.37. The molecule has 140 valence electrons. The van der Waals surface area contributed by atoms with Crippen molar-refractivity contribution in [1.29, 1.82) is 0 Å². The zero-order valence-electron chi connectivity index (χ0n) is 15.8. The highest BCUT2D eigenvalue weighted by Gasteiger charge is 1.95. The van der Waals surface area contributed by atoms with E-state index in [1.165, 1.54) is 103 Å². The summed E-state index contributed by atoms with van der Waals surface area (Å²) in [6.45, 7) is 3.61. The van der Waals surface area contributed by atoms with Crippen molar-refractivity contribution in [3.63, 3.8) is 0 Å².